The minimum Gasteiger partial charge on any atom is -0.379 e. The van der Waals surface area contributed by atoms with Crippen LogP contribution in [0.3, 0.4) is 0 Å². The number of hydrogen-bond acceptors (Lipinski definition) is 5. The van der Waals surface area contributed by atoms with Crippen molar-refractivity contribution >= 4 is 5.91 Å². The zero-order valence-corrected chi connectivity index (χ0v) is 15.4. The summed E-state index contributed by atoms with van der Waals surface area (Å²) in [5.41, 5.74) is 0. The number of nitrogens with zero attached hydrogens (tertiary/aromatic N) is 2. The largest absolute Gasteiger partial charge is 0.379 e. The van der Waals surface area contributed by atoms with Crippen molar-refractivity contribution in [2.75, 3.05) is 59.2 Å². The molecule has 6 heteroatoms. The van der Waals surface area contributed by atoms with Crippen LogP contribution in [0.15, 0.2) is 0 Å². The molecule has 0 spiro atoms. The first-order chi connectivity index (χ1) is 11.7. The molecule has 2 rings (SSSR count). The van der Waals surface area contributed by atoms with Crippen LogP contribution in [0.4, 0.5) is 0 Å². The number of rotatable bonds is 10. The van der Waals surface area contributed by atoms with Gasteiger partial charge in [-0.2, -0.15) is 0 Å². The first-order valence-electron chi connectivity index (χ1n) is 9.54. The average Bonchev–Trinajstić information content (AvgIpc) is 3.07. The molecule has 2 heterocycles. The lowest BCUT2D eigenvalue weighted by atomic mass is 10.1. The molecule has 0 aliphatic carbocycles. The molecule has 6 nitrogen and oxygen atoms in total. The maximum Gasteiger partial charge on any atom is 0.224 e. The van der Waals surface area contributed by atoms with E-state index in [1.165, 1.54) is 0 Å². The van der Waals surface area contributed by atoms with E-state index in [9.17, 15) is 4.79 Å². The van der Waals surface area contributed by atoms with Crippen LogP contribution in [-0.4, -0.2) is 87.1 Å². The van der Waals surface area contributed by atoms with Gasteiger partial charge in [-0.25, -0.2) is 0 Å². The van der Waals surface area contributed by atoms with Crippen LogP contribution in [-0.2, 0) is 19.0 Å². The highest BCUT2D eigenvalue weighted by Crippen LogP contribution is 2.20. The van der Waals surface area contributed by atoms with Crippen LogP contribution in [0, 0.1) is 0 Å². The predicted octanol–water partition coefficient (Wildman–Crippen LogP) is 1.53. The second-order valence-corrected chi connectivity index (χ2v) is 6.58. The molecule has 2 aliphatic heterocycles. The molecule has 0 radical (unpaired) electrons. The molecule has 0 saturated carbocycles. The van der Waals surface area contributed by atoms with E-state index in [2.05, 4.69) is 11.8 Å². The molecule has 1 amide bonds. The number of amides is 1. The Morgan fingerprint density at radius 1 is 0.958 bits per heavy atom. The highest BCUT2D eigenvalue weighted by Gasteiger charge is 2.29. The number of carbonyl (C=O) groups is 1. The SMILES string of the molecule is CCOCCOCCC(=O)N1CCC(OC2CCN(CC)CC2)C1. The van der Waals surface area contributed by atoms with Crippen molar-refractivity contribution in [2.45, 2.75) is 51.7 Å². The lowest BCUT2D eigenvalue weighted by Gasteiger charge is -2.32. The molecule has 2 aliphatic rings. The van der Waals surface area contributed by atoms with Crippen molar-refractivity contribution in [1.29, 1.82) is 0 Å². The summed E-state index contributed by atoms with van der Waals surface area (Å²) in [6.07, 6.45) is 4.23. The predicted molar refractivity (Wildman–Crippen MR) is 93.1 cm³/mol. The van der Waals surface area contributed by atoms with Crippen molar-refractivity contribution in [2.24, 2.45) is 0 Å². The molecule has 140 valence electrons. The van der Waals surface area contributed by atoms with Crippen molar-refractivity contribution < 1.29 is 19.0 Å². The summed E-state index contributed by atoms with van der Waals surface area (Å²) in [5, 5.41) is 0. The van der Waals surface area contributed by atoms with Gasteiger partial charge in [0.05, 0.1) is 38.4 Å². The Hall–Kier alpha value is -0.690. The van der Waals surface area contributed by atoms with E-state index in [4.69, 9.17) is 14.2 Å². The normalized spacial score (nSPS) is 23.1. The van der Waals surface area contributed by atoms with Gasteiger partial charge in [-0.1, -0.05) is 6.92 Å². The Labute approximate surface area is 146 Å². The van der Waals surface area contributed by atoms with Gasteiger partial charge in [0.25, 0.3) is 0 Å². The molecule has 2 fully saturated rings. The lowest BCUT2D eigenvalue weighted by molar-refractivity contribution is -0.132. The van der Waals surface area contributed by atoms with E-state index in [-0.39, 0.29) is 12.0 Å². The van der Waals surface area contributed by atoms with Gasteiger partial charge in [-0.15, -0.1) is 0 Å². The molecule has 2 saturated heterocycles. The van der Waals surface area contributed by atoms with E-state index in [0.29, 0.717) is 39.0 Å². The summed E-state index contributed by atoms with van der Waals surface area (Å²) in [5.74, 6) is 0.179. The van der Waals surface area contributed by atoms with Gasteiger partial charge in [0.15, 0.2) is 0 Å². The average molecular weight is 342 g/mol. The standard InChI is InChI=1S/C18H34N2O4/c1-3-19-9-5-16(6-10-19)24-17-7-11-20(15-17)18(21)8-12-23-14-13-22-4-2/h16-17H,3-15H2,1-2H3. The van der Waals surface area contributed by atoms with Gasteiger partial charge >= 0.3 is 0 Å². The number of hydrogen-bond donors (Lipinski definition) is 0. The van der Waals surface area contributed by atoms with Gasteiger partial charge < -0.3 is 24.0 Å². The number of likely N-dealkylation sites (tertiary alicyclic amines) is 2. The minimum atomic E-state index is 0.179. The maximum atomic E-state index is 12.2. The second-order valence-electron chi connectivity index (χ2n) is 6.58. The molecule has 0 aromatic heterocycles. The molecule has 24 heavy (non-hydrogen) atoms. The molecule has 0 N–H and O–H groups in total. The Morgan fingerprint density at radius 2 is 1.67 bits per heavy atom. The van der Waals surface area contributed by atoms with Crippen molar-refractivity contribution in [3.05, 3.63) is 0 Å². The second kappa shape index (κ2) is 11.0. The van der Waals surface area contributed by atoms with Crippen LogP contribution in [0.5, 0.6) is 0 Å². The van der Waals surface area contributed by atoms with E-state index in [1.54, 1.807) is 0 Å². The van der Waals surface area contributed by atoms with Gasteiger partial charge in [-0.05, 0) is 32.7 Å². The zero-order chi connectivity index (χ0) is 17.2. The first kappa shape index (κ1) is 19.6. The van der Waals surface area contributed by atoms with E-state index in [0.717, 1.165) is 52.0 Å². The van der Waals surface area contributed by atoms with Gasteiger partial charge in [0.1, 0.15) is 0 Å². The van der Waals surface area contributed by atoms with Crippen molar-refractivity contribution in [3.8, 4) is 0 Å². The third kappa shape index (κ3) is 6.67. The topological polar surface area (TPSA) is 51.2 Å². The minimum absolute atomic E-state index is 0.179. The summed E-state index contributed by atoms with van der Waals surface area (Å²) >= 11 is 0. The fraction of sp³-hybridized carbons (Fsp3) is 0.944. The van der Waals surface area contributed by atoms with Gasteiger partial charge in [-0.3, -0.25) is 4.79 Å². The fourth-order valence-electron chi connectivity index (χ4n) is 3.38. The third-order valence-electron chi connectivity index (χ3n) is 4.90. The van der Waals surface area contributed by atoms with Crippen molar-refractivity contribution in [1.82, 2.24) is 9.80 Å². The summed E-state index contributed by atoms with van der Waals surface area (Å²) < 4.78 is 16.9. The summed E-state index contributed by atoms with van der Waals surface area (Å²) in [7, 11) is 0. The summed E-state index contributed by atoms with van der Waals surface area (Å²) in [6.45, 7) is 11.5. The molecule has 1 unspecified atom stereocenters. The highest BCUT2D eigenvalue weighted by atomic mass is 16.5. The van der Waals surface area contributed by atoms with Gasteiger partial charge in [0, 0.05) is 32.8 Å². The van der Waals surface area contributed by atoms with Gasteiger partial charge in [0.2, 0.25) is 5.91 Å². The molecular formula is C18H34N2O4. The fourth-order valence-corrected chi connectivity index (χ4v) is 3.38. The lowest BCUT2D eigenvalue weighted by Crippen LogP contribution is -2.39. The van der Waals surface area contributed by atoms with E-state index in [1.807, 2.05) is 11.8 Å². The number of piperidine rings is 1. The van der Waals surface area contributed by atoms with E-state index < -0.39 is 0 Å². The Balaban J connectivity index is 1.56. The number of carbonyl (C=O) groups excluding carboxylic acids is 1. The van der Waals surface area contributed by atoms with E-state index >= 15 is 0 Å². The quantitative estimate of drug-likeness (QED) is 0.564. The van der Waals surface area contributed by atoms with Crippen LogP contribution >= 0.6 is 0 Å². The van der Waals surface area contributed by atoms with Crippen LogP contribution in [0.25, 0.3) is 0 Å². The Kier molecular flexibility index (Phi) is 9.02. The first-order valence-corrected chi connectivity index (χ1v) is 9.54. The maximum absolute atomic E-state index is 12.2. The smallest absolute Gasteiger partial charge is 0.224 e. The van der Waals surface area contributed by atoms with Crippen LogP contribution in [0.1, 0.15) is 39.5 Å². The molecule has 0 aromatic rings. The monoisotopic (exact) mass is 342 g/mol. The summed E-state index contributed by atoms with van der Waals surface area (Å²) in [4.78, 5) is 16.6. The Morgan fingerprint density at radius 3 is 2.38 bits per heavy atom. The molecule has 0 aromatic carbocycles. The summed E-state index contributed by atoms with van der Waals surface area (Å²) in [6, 6.07) is 0. The molecule has 0 bridgehead atoms. The van der Waals surface area contributed by atoms with Crippen LogP contribution in [0.2, 0.25) is 0 Å². The Bertz CT molecular complexity index is 359. The van der Waals surface area contributed by atoms with Crippen molar-refractivity contribution in [3.63, 3.8) is 0 Å². The number of ether oxygens (including phenoxy) is 3. The molecular weight excluding hydrogens is 308 g/mol. The van der Waals surface area contributed by atoms with Crippen LogP contribution < -0.4 is 0 Å². The highest BCUT2D eigenvalue weighted by molar-refractivity contribution is 5.76. The third-order valence-corrected chi connectivity index (χ3v) is 4.90. The zero-order valence-electron chi connectivity index (χ0n) is 15.4. The molecule has 1 atom stereocenters.